The lowest BCUT2D eigenvalue weighted by molar-refractivity contribution is -0.117. The number of anilines is 1. The Morgan fingerprint density at radius 3 is 2.74 bits per heavy atom. The fourth-order valence-corrected chi connectivity index (χ4v) is 5.02. The Labute approximate surface area is 202 Å². The van der Waals surface area contributed by atoms with Crippen molar-refractivity contribution in [3.8, 4) is 28.1 Å². The Hall–Kier alpha value is -3.75. The number of hydrogen-bond acceptors (Lipinski definition) is 5. The van der Waals surface area contributed by atoms with Crippen molar-refractivity contribution in [3.63, 3.8) is 0 Å². The van der Waals surface area contributed by atoms with Crippen LogP contribution in [0.1, 0.15) is 38.1 Å². The van der Waals surface area contributed by atoms with Crippen LogP contribution in [0.15, 0.2) is 42.9 Å². The molecule has 2 aliphatic rings. The number of nitrogens with one attached hydrogen (secondary N) is 1. The summed E-state index contributed by atoms with van der Waals surface area (Å²) in [7, 11) is 3.50. The quantitative estimate of drug-likeness (QED) is 0.429. The van der Waals surface area contributed by atoms with E-state index in [-0.39, 0.29) is 17.9 Å². The number of amides is 1. The van der Waals surface area contributed by atoms with Crippen molar-refractivity contribution in [2.75, 3.05) is 12.4 Å². The summed E-state index contributed by atoms with van der Waals surface area (Å²) in [4.78, 5) is 16.7. The van der Waals surface area contributed by atoms with Crippen molar-refractivity contribution in [1.29, 1.82) is 0 Å². The van der Waals surface area contributed by atoms with Crippen LogP contribution in [-0.2, 0) is 11.8 Å². The molecule has 9 heteroatoms. The minimum absolute atomic E-state index is 0.0108. The normalized spacial score (nSPS) is 19.9. The van der Waals surface area contributed by atoms with Gasteiger partial charge in [0.15, 0.2) is 0 Å². The lowest BCUT2D eigenvalue weighted by Gasteiger charge is -2.13. The Bertz CT molecular complexity index is 1420. The van der Waals surface area contributed by atoms with E-state index in [4.69, 9.17) is 9.84 Å². The number of fused-ring (bicyclic) bond motifs is 1. The van der Waals surface area contributed by atoms with Gasteiger partial charge in [-0.05, 0) is 44.2 Å². The number of alkyl halides is 1. The van der Waals surface area contributed by atoms with Crippen LogP contribution in [0.5, 0.6) is 5.75 Å². The first-order valence-corrected chi connectivity index (χ1v) is 12.0. The van der Waals surface area contributed by atoms with Crippen LogP contribution in [-0.4, -0.2) is 43.7 Å². The monoisotopic (exact) mass is 474 g/mol. The minimum Gasteiger partial charge on any atom is -0.495 e. The van der Waals surface area contributed by atoms with Gasteiger partial charge in [0.05, 0.1) is 31.1 Å². The smallest absolute Gasteiger partial charge is 0.228 e. The molecule has 0 unspecified atom stereocenters. The average Bonchev–Trinajstić information content (AvgIpc) is 3.31. The largest absolute Gasteiger partial charge is 0.495 e. The van der Waals surface area contributed by atoms with E-state index in [1.165, 1.54) is 0 Å². The zero-order valence-corrected chi connectivity index (χ0v) is 19.7. The van der Waals surface area contributed by atoms with E-state index in [2.05, 4.69) is 15.4 Å². The summed E-state index contributed by atoms with van der Waals surface area (Å²) < 4.78 is 23.7. The molecule has 2 fully saturated rings. The molecule has 1 amide bonds. The molecule has 2 aliphatic carbocycles. The fraction of sp³-hybridized carbons (Fsp3) is 0.385. The average molecular weight is 475 g/mol. The number of nitrogens with zero attached hydrogens (tertiary/aromatic N) is 5. The molecule has 2 saturated carbocycles. The SMILES string of the molecule is COc1c(-c2cnn([C@H]3CCC[C@@H]3F)c2)cccc1-c1nn(C)c2cnc(NC(=O)C3CC3)cc12. The first-order chi connectivity index (χ1) is 17.0. The number of aromatic nitrogens is 5. The third kappa shape index (κ3) is 3.84. The summed E-state index contributed by atoms with van der Waals surface area (Å²) in [5, 5.41) is 13.0. The van der Waals surface area contributed by atoms with Gasteiger partial charge in [-0.1, -0.05) is 12.1 Å². The Morgan fingerprint density at radius 1 is 1.17 bits per heavy atom. The molecule has 6 rings (SSSR count). The van der Waals surface area contributed by atoms with Gasteiger partial charge in [-0.3, -0.25) is 14.2 Å². The molecule has 0 aliphatic heterocycles. The van der Waals surface area contributed by atoms with Crippen LogP contribution in [0.4, 0.5) is 10.2 Å². The van der Waals surface area contributed by atoms with Gasteiger partial charge in [-0.2, -0.15) is 10.2 Å². The summed E-state index contributed by atoms with van der Waals surface area (Å²) in [6.45, 7) is 0. The molecule has 0 spiro atoms. The number of benzene rings is 1. The first kappa shape index (κ1) is 21.8. The number of ether oxygens (including phenoxy) is 1. The van der Waals surface area contributed by atoms with Crippen LogP contribution in [0.3, 0.4) is 0 Å². The molecular weight excluding hydrogens is 447 g/mol. The number of rotatable bonds is 6. The van der Waals surface area contributed by atoms with E-state index in [0.29, 0.717) is 18.0 Å². The van der Waals surface area contributed by atoms with Crippen molar-refractivity contribution < 1.29 is 13.9 Å². The van der Waals surface area contributed by atoms with Crippen LogP contribution < -0.4 is 10.1 Å². The number of pyridine rings is 1. The molecule has 35 heavy (non-hydrogen) atoms. The summed E-state index contributed by atoms with van der Waals surface area (Å²) in [6.07, 6.45) is 8.65. The topological polar surface area (TPSA) is 86.9 Å². The molecule has 1 N–H and O–H groups in total. The van der Waals surface area contributed by atoms with E-state index >= 15 is 0 Å². The molecule has 3 heterocycles. The molecule has 2 atom stereocenters. The van der Waals surface area contributed by atoms with Gasteiger partial charge in [0.2, 0.25) is 5.91 Å². The lowest BCUT2D eigenvalue weighted by atomic mass is 10.0. The molecule has 8 nitrogen and oxygen atoms in total. The van der Waals surface area contributed by atoms with E-state index in [0.717, 1.165) is 59.0 Å². The Morgan fingerprint density at radius 2 is 2.00 bits per heavy atom. The van der Waals surface area contributed by atoms with Crippen LogP contribution in [0.2, 0.25) is 0 Å². The highest BCUT2D eigenvalue weighted by molar-refractivity contribution is 6.00. The Kier molecular flexibility index (Phi) is 5.27. The molecule has 3 aromatic heterocycles. The highest BCUT2D eigenvalue weighted by atomic mass is 19.1. The summed E-state index contributed by atoms with van der Waals surface area (Å²) >= 11 is 0. The van der Waals surface area contributed by atoms with Gasteiger partial charge in [-0.25, -0.2) is 9.37 Å². The van der Waals surface area contributed by atoms with Gasteiger partial charge in [-0.15, -0.1) is 0 Å². The molecule has 180 valence electrons. The summed E-state index contributed by atoms with van der Waals surface area (Å²) in [5.41, 5.74) is 4.12. The second-order valence-corrected chi connectivity index (χ2v) is 9.43. The maximum absolute atomic E-state index is 14.3. The molecule has 0 bridgehead atoms. The first-order valence-electron chi connectivity index (χ1n) is 12.0. The van der Waals surface area contributed by atoms with Crippen LogP contribution in [0.25, 0.3) is 33.3 Å². The second-order valence-electron chi connectivity index (χ2n) is 9.43. The predicted octanol–water partition coefficient (Wildman–Crippen LogP) is 4.92. The van der Waals surface area contributed by atoms with E-state index < -0.39 is 6.17 Å². The number of aryl methyl sites for hydroxylation is 1. The zero-order valence-electron chi connectivity index (χ0n) is 19.7. The lowest BCUT2D eigenvalue weighted by Crippen LogP contribution is -2.14. The van der Waals surface area contributed by atoms with Gasteiger partial charge >= 0.3 is 0 Å². The Balaban J connectivity index is 1.41. The van der Waals surface area contributed by atoms with E-state index in [1.807, 2.05) is 37.5 Å². The maximum atomic E-state index is 14.3. The van der Waals surface area contributed by atoms with Gasteiger partial charge in [0.25, 0.3) is 0 Å². The van der Waals surface area contributed by atoms with Crippen molar-refractivity contribution in [2.45, 2.75) is 44.3 Å². The number of methoxy groups -OCH3 is 1. The van der Waals surface area contributed by atoms with Crippen molar-refractivity contribution in [2.24, 2.45) is 13.0 Å². The summed E-state index contributed by atoms with van der Waals surface area (Å²) in [6, 6.07) is 7.54. The third-order valence-electron chi connectivity index (χ3n) is 7.06. The highest BCUT2D eigenvalue weighted by Gasteiger charge is 2.31. The van der Waals surface area contributed by atoms with Crippen LogP contribution >= 0.6 is 0 Å². The third-order valence-corrected chi connectivity index (χ3v) is 7.06. The van der Waals surface area contributed by atoms with Gasteiger partial charge < -0.3 is 10.1 Å². The van der Waals surface area contributed by atoms with Crippen LogP contribution in [0, 0.1) is 5.92 Å². The number of para-hydroxylation sites is 1. The van der Waals surface area contributed by atoms with E-state index in [9.17, 15) is 9.18 Å². The van der Waals surface area contributed by atoms with Gasteiger partial charge in [0.1, 0.15) is 23.4 Å². The minimum atomic E-state index is -0.862. The molecule has 0 saturated heterocycles. The number of halogens is 1. The highest BCUT2D eigenvalue weighted by Crippen LogP contribution is 2.42. The molecular formula is C26H27FN6O2. The number of hydrogen-bond donors (Lipinski definition) is 1. The number of carbonyl (C=O) groups excluding carboxylic acids is 1. The predicted molar refractivity (Wildman–Crippen MR) is 131 cm³/mol. The standard InChI is InChI=1S/C26H27FN6O2/c1-32-22-13-28-23(30-26(34)15-9-10-15)11-19(22)24(31-32)18-6-3-5-17(25(18)35-2)16-12-29-33(14-16)21-8-4-7-20(21)27/h3,5-6,11-15,20-21H,4,7-10H2,1-2H3,(H,28,30,34)/t20-,21-/m0/s1. The van der Waals surface area contributed by atoms with Crippen molar-refractivity contribution in [3.05, 3.63) is 42.9 Å². The molecule has 0 radical (unpaired) electrons. The van der Waals surface area contributed by atoms with Gasteiger partial charge in [0, 0.05) is 41.2 Å². The van der Waals surface area contributed by atoms with Crippen molar-refractivity contribution >= 4 is 22.6 Å². The number of carbonyl (C=O) groups is 1. The van der Waals surface area contributed by atoms with Crippen molar-refractivity contribution in [1.82, 2.24) is 24.5 Å². The maximum Gasteiger partial charge on any atom is 0.228 e. The van der Waals surface area contributed by atoms with E-state index in [1.54, 1.807) is 28.9 Å². The molecule has 1 aromatic carbocycles. The second kappa shape index (κ2) is 8.48. The zero-order chi connectivity index (χ0) is 24.1. The fourth-order valence-electron chi connectivity index (χ4n) is 5.02. The summed E-state index contributed by atoms with van der Waals surface area (Å²) in [5.74, 6) is 1.28. The molecule has 4 aromatic rings.